The molecule has 9 heteroatoms. The van der Waals surface area contributed by atoms with Gasteiger partial charge in [0.05, 0.1) is 47.1 Å². The highest BCUT2D eigenvalue weighted by atomic mass is 16.5. The van der Waals surface area contributed by atoms with Crippen LogP contribution in [-0.4, -0.2) is 45.8 Å². The molecule has 0 unspecified atom stereocenters. The molecular weight excluding hydrogens is 356 g/mol. The van der Waals surface area contributed by atoms with Crippen molar-refractivity contribution in [1.29, 1.82) is 0 Å². The van der Waals surface area contributed by atoms with E-state index in [-0.39, 0.29) is 12.0 Å². The molecule has 146 valence electrons. The van der Waals surface area contributed by atoms with Crippen molar-refractivity contribution in [2.45, 2.75) is 13.0 Å². The average molecular weight is 380 g/mol. The van der Waals surface area contributed by atoms with E-state index in [0.717, 1.165) is 48.7 Å². The van der Waals surface area contributed by atoms with Crippen LogP contribution in [0.5, 0.6) is 0 Å². The number of hydrogen-bond donors (Lipinski definition) is 3. The summed E-state index contributed by atoms with van der Waals surface area (Å²) in [5, 5.41) is 3.37. The van der Waals surface area contributed by atoms with Crippen LogP contribution in [-0.2, 0) is 11.8 Å². The first-order chi connectivity index (χ1) is 13.4. The van der Waals surface area contributed by atoms with Gasteiger partial charge in [-0.25, -0.2) is 4.98 Å². The molecule has 1 atom stereocenters. The average Bonchev–Trinajstić information content (AvgIpc) is 2.91. The van der Waals surface area contributed by atoms with Crippen molar-refractivity contribution >= 4 is 34.3 Å². The van der Waals surface area contributed by atoms with Crippen LogP contribution < -0.4 is 21.7 Å². The summed E-state index contributed by atoms with van der Waals surface area (Å²) in [6.07, 6.45) is 2.03. The highest BCUT2D eigenvalue weighted by molar-refractivity contribution is 5.81. The molecule has 5 heterocycles. The van der Waals surface area contributed by atoms with Gasteiger partial charge in [-0.2, -0.15) is 9.97 Å². The molecule has 0 radical (unpaired) electrons. The second kappa shape index (κ2) is 5.96. The Morgan fingerprint density at radius 1 is 1.18 bits per heavy atom. The second-order valence-corrected chi connectivity index (χ2v) is 7.97. The highest BCUT2D eigenvalue weighted by Gasteiger charge is 2.49. The van der Waals surface area contributed by atoms with E-state index < -0.39 is 0 Å². The number of nitrogen functional groups attached to an aromatic ring is 2. The smallest absolute Gasteiger partial charge is 0.223 e. The Morgan fingerprint density at radius 2 is 1.96 bits per heavy atom. The lowest BCUT2D eigenvalue weighted by atomic mass is 9.77. The molecule has 5 N–H and O–H groups in total. The first kappa shape index (κ1) is 17.1. The molecule has 0 saturated carbocycles. The molecule has 0 bridgehead atoms. The Labute approximate surface area is 162 Å². The number of ether oxygens (including phenoxy) is 1. The number of hydrogen-bond acceptors (Lipinski definition) is 8. The van der Waals surface area contributed by atoms with E-state index in [1.54, 1.807) is 6.07 Å². The number of aromatic nitrogens is 4. The Morgan fingerprint density at radius 3 is 2.64 bits per heavy atom. The summed E-state index contributed by atoms with van der Waals surface area (Å²) in [5.74, 6) is 1.07. The molecule has 28 heavy (non-hydrogen) atoms. The lowest BCUT2D eigenvalue weighted by molar-refractivity contribution is -0.127. The summed E-state index contributed by atoms with van der Waals surface area (Å²) in [5.41, 5.74) is 16.1. The monoisotopic (exact) mass is 380 g/mol. The van der Waals surface area contributed by atoms with Crippen LogP contribution >= 0.6 is 0 Å². The van der Waals surface area contributed by atoms with E-state index in [0.29, 0.717) is 17.1 Å². The fraction of sp³-hybridized carbons (Fsp3) is 0.421. The first-order valence-corrected chi connectivity index (χ1v) is 9.38. The highest BCUT2D eigenvalue weighted by Crippen LogP contribution is 2.43. The SMILES string of the molecule is C[C@H](Nc1cc(N)nc(N)n1)c1nc2ccn(C)c2cc1N1CC2(COC2)C1. The topological polar surface area (TPSA) is 120 Å². The molecule has 2 aliphatic rings. The number of nitrogens with one attached hydrogen (secondary N) is 1. The summed E-state index contributed by atoms with van der Waals surface area (Å²) in [6.45, 7) is 5.77. The van der Waals surface area contributed by atoms with Gasteiger partial charge in [-0.3, -0.25) is 0 Å². The molecule has 2 fully saturated rings. The largest absolute Gasteiger partial charge is 0.383 e. The first-order valence-electron chi connectivity index (χ1n) is 9.38. The Hall–Kier alpha value is -3.07. The predicted molar refractivity (Wildman–Crippen MR) is 109 cm³/mol. The van der Waals surface area contributed by atoms with Gasteiger partial charge in [0.25, 0.3) is 0 Å². The third-order valence-corrected chi connectivity index (χ3v) is 5.62. The summed E-state index contributed by atoms with van der Waals surface area (Å²) in [4.78, 5) is 15.5. The van der Waals surface area contributed by atoms with E-state index >= 15 is 0 Å². The fourth-order valence-electron chi connectivity index (χ4n) is 4.12. The van der Waals surface area contributed by atoms with Gasteiger partial charge < -0.3 is 31.0 Å². The molecule has 1 spiro atoms. The summed E-state index contributed by atoms with van der Waals surface area (Å²) < 4.78 is 7.52. The number of nitrogens with two attached hydrogens (primary N) is 2. The van der Waals surface area contributed by atoms with Crippen LogP contribution in [0.3, 0.4) is 0 Å². The molecule has 0 aromatic carbocycles. The quantitative estimate of drug-likeness (QED) is 0.623. The van der Waals surface area contributed by atoms with Gasteiger partial charge in [0.15, 0.2) is 0 Å². The Balaban J connectivity index is 1.50. The number of rotatable bonds is 4. The normalized spacial score (nSPS) is 18.7. The molecule has 2 aliphatic heterocycles. The van der Waals surface area contributed by atoms with Crippen LogP contribution in [0.25, 0.3) is 11.0 Å². The molecule has 3 aromatic heterocycles. The van der Waals surface area contributed by atoms with Crippen molar-refractivity contribution in [3.05, 3.63) is 30.1 Å². The minimum Gasteiger partial charge on any atom is -0.383 e. The molecule has 9 nitrogen and oxygen atoms in total. The summed E-state index contributed by atoms with van der Waals surface area (Å²) in [7, 11) is 2.04. The van der Waals surface area contributed by atoms with Crippen LogP contribution in [0.4, 0.5) is 23.3 Å². The Kier molecular flexibility index (Phi) is 3.63. The van der Waals surface area contributed by atoms with Gasteiger partial charge in [-0.1, -0.05) is 0 Å². The standard InChI is InChI=1S/C19H24N8O/c1-11(22-16-6-15(20)24-18(21)25-16)17-14(27-7-19(8-27)9-28-10-19)5-13-12(23-17)3-4-26(13)2/h3-6,11H,7-10H2,1-2H3,(H5,20,21,22,24,25)/t11-/m0/s1. The third-order valence-electron chi connectivity index (χ3n) is 5.62. The van der Waals surface area contributed by atoms with Gasteiger partial charge in [0.2, 0.25) is 5.95 Å². The minimum atomic E-state index is -0.0810. The van der Waals surface area contributed by atoms with Crippen LogP contribution in [0.15, 0.2) is 24.4 Å². The maximum Gasteiger partial charge on any atom is 0.223 e. The van der Waals surface area contributed by atoms with Gasteiger partial charge in [0.1, 0.15) is 11.6 Å². The van der Waals surface area contributed by atoms with E-state index in [4.69, 9.17) is 21.2 Å². The maximum atomic E-state index is 5.80. The Bertz CT molecular complexity index is 1030. The molecule has 5 rings (SSSR count). The van der Waals surface area contributed by atoms with Crippen molar-refractivity contribution in [2.75, 3.05) is 48.0 Å². The molecule has 3 aromatic rings. The van der Waals surface area contributed by atoms with Gasteiger partial charge in [-0.15, -0.1) is 0 Å². The van der Waals surface area contributed by atoms with Crippen LogP contribution in [0.1, 0.15) is 18.7 Å². The van der Waals surface area contributed by atoms with Gasteiger partial charge in [-0.05, 0) is 19.1 Å². The zero-order valence-corrected chi connectivity index (χ0v) is 16.0. The van der Waals surface area contributed by atoms with Gasteiger partial charge in [0, 0.05) is 32.4 Å². The number of nitrogens with zero attached hydrogens (tertiary/aromatic N) is 5. The van der Waals surface area contributed by atoms with E-state index in [2.05, 4.69) is 37.7 Å². The van der Waals surface area contributed by atoms with Crippen molar-refractivity contribution in [2.24, 2.45) is 12.5 Å². The zero-order valence-electron chi connectivity index (χ0n) is 16.0. The molecule has 0 aliphatic carbocycles. The van der Waals surface area contributed by atoms with Crippen molar-refractivity contribution in [3.63, 3.8) is 0 Å². The van der Waals surface area contributed by atoms with E-state index in [9.17, 15) is 0 Å². The summed E-state index contributed by atoms with van der Waals surface area (Å²) in [6, 6.07) is 5.86. The lowest BCUT2D eigenvalue weighted by Gasteiger charge is -2.56. The van der Waals surface area contributed by atoms with Crippen molar-refractivity contribution in [3.8, 4) is 0 Å². The number of pyridine rings is 1. The van der Waals surface area contributed by atoms with Gasteiger partial charge >= 0.3 is 0 Å². The number of fused-ring (bicyclic) bond motifs is 1. The fourth-order valence-corrected chi connectivity index (χ4v) is 4.12. The maximum absolute atomic E-state index is 5.80. The van der Waals surface area contributed by atoms with Crippen molar-refractivity contribution < 1.29 is 4.74 Å². The lowest BCUT2D eigenvalue weighted by Crippen LogP contribution is -2.66. The van der Waals surface area contributed by atoms with Crippen LogP contribution in [0.2, 0.25) is 0 Å². The van der Waals surface area contributed by atoms with Crippen molar-refractivity contribution in [1.82, 2.24) is 19.5 Å². The minimum absolute atomic E-state index is 0.0810. The molecular formula is C19H24N8O. The third kappa shape index (κ3) is 2.70. The second-order valence-electron chi connectivity index (χ2n) is 7.97. The predicted octanol–water partition coefficient (Wildman–Crippen LogP) is 1.54. The van der Waals surface area contributed by atoms with E-state index in [1.165, 1.54) is 0 Å². The van der Waals surface area contributed by atoms with E-state index in [1.807, 2.05) is 19.3 Å². The number of aryl methyl sites for hydroxylation is 1. The summed E-state index contributed by atoms with van der Waals surface area (Å²) >= 11 is 0. The zero-order chi connectivity index (χ0) is 19.5. The number of anilines is 4. The molecule has 0 amide bonds. The molecule has 2 saturated heterocycles. The van der Waals surface area contributed by atoms with Crippen LogP contribution in [0, 0.1) is 5.41 Å².